The van der Waals surface area contributed by atoms with Gasteiger partial charge in [0.05, 0.1) is 11.7 Å². The predicted molar refractivity (Wildman–Crippen MR) is 86.8 cm³/mol. The molecule has 0 radical (unpaired) electrons. The smallest absolute Gasteiger partial charge is 0.267 e. The van der Waals surface area contributed by atoms with Crippen molar-refractivity contribution in [2.45, 2.75) is 26.3 Å². The molecule has 0 aliphatic rings. The van der Waals surface area contributed by atoms with Crippen LogP contribution in [0.2, 0.25) is 0 Å². The summed E-state index contributed by atoms with van der Waals surface area (Å²) in [6.45, 7) is 5.69. The number of amides is 1. The predicted octanol–water partition coefficient (Wildman–Crippen LogP) is 2.01. The summed E-state index contributed by atoms with van der Waals surface area (Å²) in [5.41, 5.74) is 0.702. The van der Waals surface area contributed by atoms with E-state index in [1.54, 1.807) is 4.68 Å². The van der Waals surface area contributed by atoms with Gasteiger partial charge in [-0.05, 0) is 32.9 Å². The molecule has 130 valence electrons. The molecule has 1 amide bonds. The summed E-state index contributed by atoms with van der Waals surface area (Å²) >= 11 is 0. The molecule has 0 bridgehead atoms. The van der Waals surface area contributed by atoms with Crippen LogP contribution in [0.1, 0.15) is 31.1 Å². The van der Waals surface area contributed by atoms with Crippen LogP contribution in [0, 0.1) is 11.6 Å². The number of halogens is 2. The van der Waals surface area contributed by atoms with Crippen molar-refractivity contribution in [2.24, 2.45) is 0 Å². The average molecular weight is 347 g/mol. The molecule has 1 aromatic carbocycles. The third-order valence-electron chi connectivity index (χ3n) is 3.54. The Hall–Kier alpha value is -3.10. The first-order valence-electron chi connectivity index (χ1n) is 7.41. The number of rotatable bonds is 2. The molecule has 2 heterocycles. The van der Waals surface area contributed by atoms with Crippen molar-refractivity contribution in [3.8, 4) is 0 Å². The van der Waals surface area contributed by atoms with Gasteiger partial charge in [-0.3, -0.25) is 15.0 Å². The third-order valence-corrected chi connectivity index (χ3v) is 3.54. The summed E-state index contributed by atoms with van der Waals surface area (Å²) in [6, 6.07) is 3.05. The number of hydrogen-bond acceptors (Lipinski definition) is 4. The van der Waals surface area contributed by atoms with Crippen molar-refractivity contribution in [3.05, 3.63) is 58.3 Å². The lowest BCUT2D eigenvalue weighted by Gasteiger charge is -2.19. The van der Waals surface area contributed by atoms with Gasteiger partial charge in [-0.1, -0.05) is 6.07 Å². The van der Waals surface area contributed by atoms with E-state index in [0.29, 0.717) is 5.65 Å². The maximum Gasteiger partial charge on any atom is 0.283 e. The summed E-state index contributed by atoms with van der Waals surface area (Å²) in [6.07, 6.45) is 2.41. The van der Waals surface area contributed by atoms with Crippen LogP contribution in [-0.4, -0.2) is 25.3 Å². The van der Waals surface area contributed by atoms with Crippen LogP contribution < -0.4 is 11.0 Å². The number of aromatic nitrogens is 4. The number of benzene rings is 1. The standard InChI is InChI=1S/C16H15F2N5O2/c1-16(2,3)23-13-9(7-20-23)15(25)22(8-19-13)21-14(24)12-10(17)5-4-6-11(12)18/h4-8H,1-3H3,(H,21,24). The van der Waals surface area contributed by atoms with Gasteiger partial charge in [-0.15, -0.1) is 0 Å². The SMILES string of the molecule is CC(C)(C)n1ncc2c(=O)n(NC(=O)c3c(F)cccc3F)cnc21. The highest BCUT2D eigenvalue weighted by atomic mass is 19.1. The van der Waals surface area contributed by atoms with Crippen molar-refractivity contribution in [1.82, 2.24) is 19.4 Å². The van der Waals surface area contributed by atoms with E-state index in [9.17, 15) is 18.4 Å². The molecule has 2 aromatic heterocycles. The maximum absolute atomic E-state index is 13.7. The molecule has 0 aliphatic carbocycles. The van der Waals surface area contributed by atoms with Crippen LogP contribution in [0.25, 0.3) is 11.0 Å². The molecule has 25 heavy (non-hydrogen) atoms. The second-order valence-corrected chi connectivity index (χ2v) is 6.42. The largest absolute Gasteiger partial charge is 0.283 e. The van der Waals surface area contributed by atoms with Crippen LogP contribution in [0.3, 0.4) is 0 Å². The Morgan fingerprint density at radius 3 is 2.44 bits per heavy atom. The first-order valence-corrected chi connectivity index (χ1v) is 7.41. The Labute approximate surface area is 140 Å². The zero-order chi connectivity index (χ0) is 18.4. The Balaban J connectivity index is 2.02. The molecule has 0 atom stereocenters. The second kappa shape index (κ2) is 5.76. The number of fused-ring (bicyclic) bond motifs is 1. The van der Waals surface area contributed by atoms with Gasteiger partial charge in [0.15, 0.2) is 5.65 Å². The lowest BCUT2D eigenvalue weighted by Crippen LogP contribution is -2.34. The number of nitrogens with zero attached hydrogens (tertiary/aromatic N) is 4. The van der Waals surface area contributed by atoms with Crippen LogP contribution >= 0.6 is 0 Å². The van der Waals surface area contributed by atoms with Crippen molar-refractivity contribution in [2.75, 3.05) is 5.43 Å². The first kappa shape index (κ1) is 16.7. The van der Waals surface area contributed by atoms with E-state index in [2.05, 4.69) is 15.5 Å². The zero-order valence-electron chi connectivity index (χ0n) is 13.7. The molecule has 1 N–H and O–H groups in total. The highest BCUT2D eigenvalue weighted by Crippen LogP contribution is 2.17. The number of carbonyl (C=O) groups excluding carboxylic acids is 1. The monoisotopic (exact) mass is 347 g/mol. The fourth-order valence-corrected chi connectivity index (χ4v) is 2.36. The van der Waals surface area contributed by atoms with Gasteiger partial charge >= 0.3 is 0 Å². The van der Waals surface area contributed by atoms with E-state index in [4.69, 9.17) is 0 Å². The summed E-state index contributed by atoms with van der Waals surface area (Å²) < 4.78 is 29.7. The minimum absolute atomic E-state index is 0.173. The molecular weight excluding hydrogens is 332 g/mol. The molecule has 3 aromatic rings. The first-order chi connectivity index (χ1) is 11.7. The summed E-state index contributed by atoms with van der Waals surface area (Å²) in [7, 11) is 0. The molecule has 9 heteroatoms. The van der Waals surface area contributed by atoms with Gasteiger partial charge in [0.2, 0.25) is 0 Å². The van der Waals surface area contributed by atoms with Crippen LogP contribution in [0.15, 0.2) is 35.5 Å². The van der Waals surface area contributed by atoms with Crippen molar-refractivity contribution >= 4 is 16.9 Å². The molecule has 0 saturated carbocycles. The average Bonchev–Trinajstić information content (AvgIpc) is 2.95. The minimum Gasteiger partial charge on any atom is -0.267 e. The van der Waals surface area contributed by atoms with Crippen LogP contribution in [0.4, 0.5) is 8.78 Å². The number of nitrogens with one attached hydrogen (secondary N) is 1. The molecule has 0 fully saturated rings. The highest BCUT2D eigenvalue weighted by Gasteiger charge is 2.21. The van der Waals surface area contributed by atoms with Crippen LogP contribution in [0.5, 0.6) is 0 Å². The number of carbonyl (C=O) groups is 1. The molecule has 0 aliphatic heterocycles. The van der Waals surface area contributed by atoms with E-state index < -0.39 is 34.2 Å². The van der Waals surface area contributed by atoms with E-state index >= 15 is 0 Å². The fraction of sp³-hybridized carbons (Fsp3) is 0.250. The van der Waals surface area contributed by atoms with E-state index in [-0.39, 0.29) is 5.39 Å². The van der Waals surface area contributed by atoms with Gasteiger partial charge in [0.25, 0.3) is 11.5 Å². The second-order valence-electron chi connectivity index (χ2n) is 6.42. The fourth-order valence-electron chi connectivity index (χ4n) is 2.36. The van der Waals surface area contributed by atoms with Gasteiger partial charge in [-0.2, -0.15) is 5.10 Å². The molecular formula is C16H15F2N5O2. The van der Waals surface area contributed by atoms with Crippen LogP contribution in [-0.2, 0) is 5.54 Å². The quantitative estimate of drug-likeness (QED) is 0.769. The lowest BCUT2D eigenvalue weighted by molar-refractivity contribution is 0.0998. The van der Waals surface area contributed by atoms with Gasteiger partial charge in [-0.25, -0.2) is 23.1 Å². The van der Waals surface area contributed by atoms with Crippen molar-refractivity contribution < 1.29 is 13.6 Å². The minimum atomic E-state index is -1.10. The summed E-state index contributed by atoms with van der Waals surface area (Å²) in [4.78, 5) is 28.7. The molecule has 0 unspecified atom stereocenters. The van der Waals surface area contributed by atoms with E-state index in [1.165, 1.54) is 6.20 Å². The van der Waals surface area contributed by atoms with Crippen molar-refractivity contribution in [1.29, 1.82) is 0 Å². The third kappa shape index (κ3) is 2.88. The van der Waals surface area contributed by atoms with E-state index in [0.717, 1.165) is 29.2 Å². The highest BCUT2D eigenvalue weighted by molar-refractivity contribution is 6.00. The molecule has 3 rings (SSSR count). The van der Waals surface area contributed by atoms with Gasteiger partial charge < -0.3 is 0 Å². The lowest BCUT2D eigenvalue weighted by atomic mass is 10.1. The Morgan fingerprint density at radius 1 is 1.20 bits per heavy atom. The summed E-state index contributed by atoms with van der Waals surface area (Å²) in [5.74, 6) is -3.15. The molecule has 7 nitrogen and oxygen atoms in total. The van der Waals surface area contributed by atoms with E-state index in [1.807, 2.05) is 20.8 Å². The van der Waals surface area contributed by atoms with Gasteiger partial charge in [0, 0.05) is 0 Å². The molecule has 0 saturated heterocycles. The molecule has 0 spiro atoms. The Bertz CT molecular complexity index is 1010. The van der Waals surface area contributed by atoms with Crippen molar-refractivity contribution in [3.63, 3.8) is 0 Å². The topological polar surface area (TPSA) is 81.8 Å². The normalized spacial score (nSPS) is 11.7. The Kier molecular flexibility index (Phi) is 3.86. The maximum atomic E-state index is 13.7. The Morgan fingerprint density at radius 2 is 1.84 bits per heavy atom. The number of hydrogen-bond donors (Lipinski definition) is 1. The summed E-state index contributed by atoms with van der Waals surface area (Å²) in [5, 5.41) is 4.32. The van der Waals surface area contributed by atoms with Gasteiger partial charge in [0.1, 0.15) is 28.9 Å². The zero-order valence-corrected chi connectivity index (χ0v) is 13.7.